The maximum Gasteiger partial charge on any atom is 0.154 e. The van der Waals surface area contributed by atoms with Crippen molar-refractivity contribution in [1.82, 2.24) is 5.32 Å². The van der Waals surface area contributed by atoms with Crippen molar-refractivity contribution in [2.24, 2.45) is 0 Å². The van der Waals surface area contributed by atoms with Crippen LogP contribution >= 0.6 is 0 Å². The zero-order chi connectivity index (χ0) is 16.3. The Morgan fingerprint density at radius 1 is 1.24 bits per heavy atom. The van der Waals surface area contributed by atoms with Gasteiger partial charge in [0.25, 0.3) is 0 Å². The third-order valence-electron chi connectivity index (χ3n) is 3.81. The average molecular weight is 315 g/mol. The van der Waals surface area contributed by atoms with Crippen molar-refractivity contribution in [3.05, 3.63) is 23.8 Å². The van der Waals surface area contributed by atoms with Crippen LogP contribution in [-0.4, -0.2) is 40.2 Å². The van der Waals surface area contributed by atoms with Gasteiger partial charge in [-0.3, -0.25) is 0 Å². The zero-order valence-electron chi connectivity index (χ0n) is 13.6. The Balaban J connectivity index is 3.42. The molecule has 0 aliphatic carbocycles. The molecule has 0 aliphatic rings. The SMILES string of the molecule is CCNC(c1ccc(OC)cc1OC)C(C)(C)S(C)(=O)=O. The summed E-state index contributed by atoms with van der Waals surface area (Å²) in [7, 11) is -0.118. The van der Waals surface area contributed by atoms with Gasteiger partial charge < -0.3 is 14.8 Å². The van der Waals surface area contributed by atoms with Crippen LogP contribution in [0.5, 0.6) is 11.5 Å². The van der Waals surface area contributed by atoms with E-state index in [9.17, 15) is 8.42 Å². The van der Waals surface area contributed by atoms with Gasteiger partial charge in [0.15, 0.2) is 9.84 Å². The Hall–Kier alpha value is -1.27. The van der Waals surface area contributed by atoms with Crippen molar-refractivity contribution in [3.63, 3.8) is 0 Å². The second-order valence-electron chi connectivity index (χ2n) is 5.47. The molecule has 1 N–H and O–H groups in total. The summed E-state index contributed by atoms with van der Waals surface area (Å²) in [5.41, 5.74) is 0.801. The summed E-state index contributed by atoms with van der Waals surface area (Å²) in [5, 5.41) is 3.26. The first kappa shape index (κ1) is 17.8. The van der Waals surface area contributed by atoms with E-state index in [-0.39, 0.29) is 6.04 Å². The van der Waals surface area contributed by atoms with Crippen molar-refractivity contribution < 1.29 is 17.9 Å². The Morgan fingerprint density at radius 2 is 1.86 bits per heavy atom. The fourth-order valence-electron chi connectivity index (χ4n) is 2.21. The number of sulfone groups is 1. The van der Waals surface area contributed by atoms with Crippen molar-refractivity contribution in [2.75, 3.05) is 27.0 Å². The molecule has 0 fully saturated rings. The minimum Gasteiger partial charge on any atom is -0.497 e. The summed E-state index contributed by atoms with van der Waals surface area (Å²) in [6, 6.07) is 5.04. The van der Waals surface area contributed by atoms with Gasteiger partial charge in [-0.25, -0.2) is 8.42 Å². The lowest BCUT2D eigenvalue weighted by molar-refractivity contribution is 0.370. The molecule has 0 spiro atoms. The molecule has 120 valence electrons. The van der Waals surface area contributed by atoms with Gasteiger partial charge in [-0.15, -0.1) is 0 Å². The van der Waals surface area contributed by atoms with E-state index in [0.717, 1.165) is 5.56 Å². The molecule has 1 aromatic rings. The van der Waals surface area contributed by atoms with E-state index >= 15 is 0 Å². The van der Waals surface area contributed by atoms with Gasteiger partial charge in [0.05, 0.1) is 25.0 Å². The van der Waals surface area contributed by atoms with Crippen molar-refractivity contribution in [1.29, 1.82) is 0 Å². The largest absolute Gasteiger partial charge is 0.497 e. The van der Waals surface area contributed by atoms with Crippen molar-refractivity contribution >= 4 is 9.84 Å². The van der Waals surface area contributed by atoms with Crippen molar-refractivity contribution in [3.8, 4) is 11.5 Å². The van der Waals surface area contributed by atoms with Crippen LogP contribution in [0.1, 0.15) is 32.4 Å². The highest BCUT2D eigenvalue weighted by atomic mass is 32.2. The Morgan fingerprint density at radius 3 is 2.29 bits per heavy atom. The zero-order valence-corrected chi connectivity index (χ0v) is 14.4. The molecule has 0 amide bonds. The molecule has 6 heteroatoms. The van der Waals surface area contributed by atoms with E-state index in [0.29, 0.717) is 18.0 Å². The van der Waals surface area contributed by atoms with E-state index in [1.54, 1.807) is 40.2 Å². The highest BCUT2D eigenvalue weighted by molar-refractivity contribution is 7.92. The number of rotatable bonds is 7. The molecule has 0 saturated carbocycles. The van der Waals surface area contributed by atoms with E-state index in [1.165, 1.54) is 6.26 Å². The molecule has 1 aromatic carbocycles. The molecular formula is C15H25NO4S. The van der Waals surface area contributed by atoms with E-state index in [4.69, 9.17) is 9.47 Å². The summed E-state index contributed by atoms with van der Waals surface area (Å²) >= 11 is 0. The van der Waals surface area contributed by atoms with Crippen LogP contribution in [0.3, 0.4) is 0 Å². The average Bonchev–Trinajstić information content (AvgIpc) is 2.42. The molecule has 0 aromatic heterocycles. The highest BCUT2D eigenvalue weighted by Gasteiger charge is 2.40. The number of nitrogens with one attached hydrogen (secondary N) is 1. The number of ether oxygens (including phenoxy) is 2. The number of benzene rings is 1. The summed E-state index contributed by atoms with van der Waals surface area (Å²) in [5.74, 6) is 1.28. The highest BCUT2D eigenvalue weighted by Crippen LogP contribution is 2.38. The molecular weight excluding hydrogens is 290 g/mol. The summed E-state index contributed by atoms with van der Waals surface area (Å²) in [4.78, 5) is 0. The van der Waals surface area contributed by atoms with Crippen LogP contribution < -0.4 is 14.8 Å². The molecule has 1 rings (SSSR count). The number of hydrogen-bond acceptors (Lipinski definition) is 5. The quantitative estimate of drug-likeness (QED) is 0.835. The molecule has 1 atom stereocenters. The minimum absolute atomic E-state index is 0.377. The molecule has 0 saturated heterocycles. The first-order valence-corrected chi connectivity index (χ1v) is 8.73. The van der Waals surface area contributed by atoms with Gasteiger partial charge in [0.2, 0.25) is 0 Å². The fourth-order valence-corrected chi connectivity index (χ4v) is 2.84. The lowest BCUT2D eigenvalue weighted by Gasteiger charge is -2.34. The normalized spacial score (nSPS) is 13.8. The minimum atomic E-state index is -3.26. The topological polar surface area (TPSA) is 64.6 Å². The molecule has 0 bridgehead atoms. The summed E-state index contributed by atoms with van der Waals surface area (Å²) in [6.07, 6.45) is 1.26. The lowest BCUT2D eigenvalue weighted by Crippen LogP contribution is -2.45. The second kappa shape index (κ2) is 6.66. The van der Waals surface area contributed by atoms with Gasteiger partial charge in [-0.05, 0) is 26.5 Å². The molecule has 21 heavy (non-hydrogen) atoms. The van der Waals surface area contributed by atoms with Crippen LogP contribution in [0.15, 0.2) is 18.2 Å². The van der Waals surface area contributed by atoms with Crippen LogP contribution in [0.25, 0.3) is 0 Å². The van der Waals surface area contributed by atoms with Gasteiger partial charge in [-0.2, -0.15) is 0 Å². The van der Waals surface area contributed by atoms with E-state index < -0.39 is 14.6 Å². The van der Waals surface area contributed by atoms with E-state index in [2.05, 4.69) is 5.32 Å². The van der Waals surface area contributed by atoms with Gasteiger partial charge in [0, 0.05) is 17.9 Å². The third kappa shape index (κ3) is 3.68. The lowest BCUT2D eigenvalue weighted by atomic mass is 9.94. The Labute approximate surface area is 127 Å². The Bertz CT molecular complexity index is 581. The first-order valence-electron chi connectivity index (χ1n) is 6.84. The molecule has 0 heterocycles. The summed E-state index contributed by atoms with van der Waals surface area (Å²) in [6.45, 7) is 6.04. The van der Waals surface area contributed by atoms with Crippen LogP contribution in [0.4, 0.5) is 0 Å². The van der Waals surface area contributed by atoms with Gasteiger partial charge in [0.1, 0.15) is 11.5 Å². The summed E-state index contributed by atoms with van der Waals surface area (Å²) < 4.78 is 33.9. The fraction of sp³-hybridized carbons (Fsp3) is 0.600. The van der Waals surface area contributed by atoms with Crippen LogP contribution in [0.2, 0.25) is 0 Å². The maximum atomic E-state index is 12.2. The molecule has 0 radical (unpaired) electrons. The van der Waals surface area contributed by atoms with Crippen LogP contribution in [-0.2, 0) is 9.84 Å². The molecule has 5 nitrogen and oxygen atoms in total. The second-order valence-corrected chi connectivity index (χ2v) is 8.07. The predicted molar refractivity (Wildman–Crippen MR) is 84.9 cm³/mol. The standard InChI is InChI=1S/C15H25NO4S/c1-7-16-14(15(2,3)21(6,17)18)12-9-8-11(19-4)10-13(12)20-5/h8-10,14,16H,7H2,1-6H3. The smallest absolute Gasteiger partial charge is 0.154 e. The Kier molecular flexibility index (Phi) is 5.64. The molecule has 0 aliphatic heterocycles. The number of methoxy groups -OCH3 is 2. The molecule has 1 unspecified atom stereocenters. The predicted octanol–water partition coefficient (Wildman–Crippen LogP) is 2.18. The van der Waals surface area contributed by atoms with Gasteiger partial charge in [-0.1, -0.05) is 13.0 Å². The number of hydrogen-bond donors (Lipinski definition) is 1. The van der Waals surface area contributed by atoms with Crippen LogP contribution in [0, 0.1) is 0 Å². The monoisotopic (exact) mass is 315 g/mol. The van der Waals surface area contributed by atoms with Crippen molar-refractivity contribution in [2.45, 2.75) is 31.6 Å². The van der Waals surface area contributed by atoms with Gasteiger partial charge >= 0.3 is 0 Å². The van der Waals surface area contributed by atoms with E-state index in [1.807, 2.05) is 13.0 Å². The maximum absolute atomic E-state index is 12.2. The first-order chi connectivity index (χ1) is 9.68. The third-order valence-corrected chi connectivity index (χ3v) is 5.96.